The smallest absolute Gasteiger partial charge is 0.216 e. The van der Waals surface area contributed by atoms with Crippen LogP contribution in [0.5, 0.6) is 11.5 Å². The molecule has 2 heterocycles. The van der Waals surface area contributed by atoms with Crippen molar-refractivity contribution >= 4 is 45.7 Å². The molecule has 0 aliphatic rings. The van der Waals surface area contributed by atoms with Gasteiger partial charge in [0.2, 0.25) is 4.77 Å². The van der Waals surface area contributed by atoms with Crippen molar-refractivity contribution in [2.24, 2.45) is 5.10 Å². The maximum atomic E-state index is 10.0. The Morgan fingerprint density at radius 2 is 2.33 bits per heavy atom. The first-order valence-corrected chi connectivity index (χ1v) is 8.96. The van der Waals surface area contributed by atoms with E-state index in [-0.39, 0.29) is 5.75 Å². The van der Waals surface area contributed by atoms with Gasteiger partial charge in [0, 0.05) is 16.9 Å². The van der Waals surface area contributed by atoms with Crippen LogP contribution in [0.4, 0.5) is 0 Å². The summed E-state index contributed by atoms with van der Waals surface area (Å²) in [6.45, 7) is 0. The molecule has 0 aliphatic carbocycles. The second-order valence-electron chi connectivity index (χ2n) is 4.78. The summed E-state index contributed by atoms with van der Waals surface area (Å²) in [4.78, 5) is 1.17. The molecule has 0 radical (unpaired) electrons. The summed E-state index contributed by atoms with van der Waals surface area (Å²) in [7, 11) is 1.50. The van der Waals surface area contributed by atoms with Gasteiger partial charge in [-0.05, 0) is 51.7 Å². The zero-order valence-corrected chi connectivity index (χ0v) is 15.8. The number of hydrogen-bond donors (Lipinski definition) is 2. The fourth-order valence-corrected chi connectivity index (χ4v) is 3.40. The number of thiophene rings is 1. The molecular formula is C15H13BrN4O2S2. The van der Waals surface area contributed by atoms with Crippen LogP contribution in [-0.4, -0.2) is 33.3 Å². The largest absolute Gasteiger partial charge is 0.503 e. The Balaban J connectivity index is 1.91. The van der Waals surface area contributed by atoms with Crippen molar-refractivity contribution in [2.45, 2.75) is 6.42 Å². The highest BCUT2D eigenvalue weighted by molar-refractivity contribution is 9.10. The number of hydrogen-bond acceptors (Lipinski definition) is 6. The van der Waals surface area contributed by atoms with Gasteiger partial charge in [-0.2, -0.15) is 14.9 Å². The van der Waals surface area contributed by atoms with Crippen LogP contribution in [0.1, 0.15) is 16.3 Å². The topological polar surface area (TPSA) is 75.4 Å². The molecule has 0 spiro atoms. The Morgan fingerprint density at radius 3 is 3.04 bits per heavy atom. The first kappa shape index (κ1) is 16.9. The number of benzene rings is 1. The number of halogens is 1. The average molecular weight is 425 g/mol. The van der Waals surface area contributed by atoms with Gasteiger partial charge in [0.05, 0.1) is 17.8 Å². The van der Waals surface area contributed by atoms with Gasteiger partial charge < -0.3 is 9.84 Å². The number of H-pyrrole nitrogens is 1. The third-order valence-electron chi connectivity index (χ3n) is 3.27. The first-order valence-electron chi connectivity index (χ1n) is 6.88. The molecule has 0 atom stereocenters. The van der Waals surface area contributed by atoms with Crippen molar-refractivity contribution in [2.75, 3.05) is 7.11 Å². The standard InChI is InChI=1S/C15H13BrN4O2S2/c1-22-11-5-4-9(13(16)14(11)21)8-17-20-12(18-19-15(20)23)7-10-3-2-6-24-10/h2-6,8,21H,7H2,1H3,(H,19,23)/b17-8-. The summed E-state index contributed by atoms with van der Waals surface area (Å²) in [5.41, 5.74) is 0.693. The number of rotatable bonds is 5. The minimum Gasteiger partial charge on any atom is -0.503 e. The first-order chi connectivity index (χ1) is 11.6. The molecule has 0 saturated carbocycles. The van der Waals surface area contributed by atoms with Crippen LogP contribution in [0, 0.1) is 4.77 Å². The summed E-state index contributed by atoms with van der Waals surface area (Å²) in [6.07, 6.45) is 2.24. The molecule has 0 aliphatic heterocycles. The van der Waals surface area contributed by atoms with E-state index in [1.54, 1.807) is 34.4 Å². The number of ether oxygens (including phenoxy) is 1. The van der Waals surface area contributed by atoms with Gasteiger partial charge >= 0.3 is 0 Å². The highest BCUT2D eigenvalue weighted by Gasteiger charge is 2.10. The molecule has 6 nitrogen and oxygen atoms in total. The second kappa shape index (κ2) is 7.29. The second-order valence-corrected chi connectivity index (χ2v) is 6.99. The molecule has 1 aromatic carbocycles. The van der Waals surface area contributed by atoms with Crippen LogP contribution in [0.2, 0.25) is 0 Å². The molecule has 0 unspecified atom stereocenters. The molecule has 3 aromatic rings. The van der Waals surface area contributed by atoms with Gasteiger partial charge in [-0.25, -0.2) is 0 Å². The molecule has 24 heavy (non-hydrogen) atoms. The number of nitrogens with one attached hydrogen (secondary N) is 1. The Bertz CT molecular complexity index is 932. The number of aromatic nitrogens is 3. The summed E-state index contributed by atoms with van der Waals surface area (Å²) in [5, 5.41) is 23.4. The monoisotopic (exact) mass is 424 g/mol. The number of nitrogens with zero attached hydrogens (tertiary/aromatic N) is 3. The molecule has 0 amide bonds. The number of phenolic OH excluding ortho intramolecular Hbond substituents is 1. The van der Waals surface area contributed by atoms with E-state index in [0.29, 0.717) is 32.8 Å². The van der Waals surface area contributed by atoms with Crippen LogP contribution in [0.25, 0.3) is 0 Å². The van der Waals surface area contributed by atoms with Gasteiger partial charge in [-0.15, -0.1) is 11.3 Å². The molecule has 0 bridgehead atoms. The predicted molar refractivity (Wildman–Crippen MR) is 99.9 cm³/mol. The fourth-order valence-electron chi connectivity index (χ4n) is 2.07. The zero-order chi connectivity index (χ0) is 17.1. The average Bonchev–Trinajstić information content (AvgIpc) is 3.20. The van der Waals surface area contributed by atoms with E-state index in [2.05, 4.69) is 31.2 Å². The van der Waals surface area contributed by atoms with Crippen LogP contribution < -0.4 is 4.74 Å². The minimum absolute atomic E-state index is 0.0241. The van der Waals surface area contributed by atoms with Crippen molar-refractivity contribution < 1.29 is 9.84 Å². The van der Waals surface area contributed by atoms with E-state index < -0.39 is 0 Å². The number of aromatic amines is 1. The lowest BCUT2D eigenvalue weighted by Gasteiger charge is -2.07. The third-order valence-corrected chi connectivity index (χ3v) is 5.25. The number of aromatic hydroxyl groups is 1. The summed E-state index contributed by atoms with van der Waals surface area (Å²) in [6, 6.07) is 7.48. The van der Waals surface area contributed by atoms with Gasteiger partial charge in [-0.3, -0.25) is 5.10 Å². The van der Waals surface area contributed by atoms with Gasteiger partial charge in [0.15, 0.2) is 17.3 Å². The molecule has 0 saturated heterocycles. The van der Waals surface area contributed by atoms with E-state index in [1.807, 2.05) is 17.5 Å². The highest BCUT2D eigenvalue weighted by Crippen LogP contribution is 2.35. The Hall–Kier alpha value is -1.97. The third kappa shape index (κ3) is 3.42. The van der Waals surface area contributed by atoms with Crippen molar-refractivity contribution in [3.63, 3.8) is 0 Å². The van der Waals surface area contributed by atoms with Gasteiger partial charge in [0.1, 0.15) is 0 Å². The molecule has 9 heteroatoms. The van der Waals surface area contributed by atoms with Crippen LogP contribution in [0.3, 0.4) is 0 Å². The van der Waals surface area contributed by atoms with Crippen LogP contribution in [-0.2, 0) is 6.42 Å². The molecule has 2 N–H and O–H groups in total. The number of phenols is 1. The summed E-state index contributed by atoms with van der Waals surface area (Å²) >= 11 is 10.2. The Morgan fingerprint density at radius 1 is 1.50 bits per heavy atom. The lowest BCUT2D eigenvalue weighted by Crippen LogP contribution is -2.00. The normalized spacial score (nSPS) is 11.2. The molecular weight excluding hydrogens is 412 g/mol. The molecule has 2 aromatic heterocycles. The van der Waals surface area contributed by atoms with E-state index in [9.17, 15) is 5.11 Å². The predicted octanol–water partition coefficient (Wildman–Crippen LogP) is 3.95. The maximum Gasteiger partial charge on any atom is 0.216 e. The molecule has 3 rings (SSSR count). The minimum atomic E-state index is 0.0241. The zero-order valence-electron chi connectivity index (χ0n) is 12.6. The Kier molecular flexibility index (Phi) is 5.12. The van der Waals surface area contributed by atoms with E-state index >= 15 is 0 Å². The lowest BCUT2D eigenvalue weighted by molar-refractivity contribution is 0.372. The highest BCUT2D eigenvalue weighted by atomic mass is 79.9. The van der Waals surface area contributed by atoms with Crippen LogP contribution >= 0.6 is 39.5 Å². The summed E-state index contributed by atoms with van der Waals surface area (Å²) in [5.74, 6) is 1.13. The van der Waals surface area contributed by atoms with Gasteiger partial charge in [0.25, 0.3) is 0 Å². The maximum absolute atomic E-state index is 10.0. The van der Waals surface area contributed by atoms with E-state index in [0.717, 1.165) is 0 Å². The van der Waals surface area contributed by atoms with Crippen molar-refractivity contribution in [1.82, 2.24) is 14.9 Å². The lowest BCUT2D eigenvalue weighted by atomic mass is 10.2. The van der Waals surface area contributed by atoms with Crippen molar-refractivity contribution in [3.05, 3.63) is 55.2 Å². The van der Waals surface area contributed by atoms with Gasteiger partial charge in [-0.1, -0.05) is 6.07 Å². The SMILES string of the molecule is COc1ccc(/C=N\n2c(Cc3cccs3)n[nH]c2=S)c(Br)c1O. The quantitative estimate of drug-likeness (QED) is 0.480. The molecule has 0 fully saturated rings. The van der Waals surface area contributed by atoms with E-state index in [1.165, 1.54) is 12.0 Å². The van der Waals surface area contributed by atoms with E-state index in [4.69, 9.17) is 17.0 Å². The number of methoxy groups -OCH3 is 1. The van der Waals surface area contributed by atoms with Crippen molar-refractivity contribution in [3.8, 4) is 11.5 Å². The summed E-state index contributed by atoms with van der Waals surface area (Å²) < 4.78 is 7.55. The van der Waals surface area contributed by atoms with Crippen LogP contribution in [0.15, 0.2) is 39.2 Å². The Labute approximate surface area is 155 Å². The van der Waals surface area contributed by atoms with Crippen molar-refractivity contribution in [1.29, 1.82) is 0 Å². The molecule has 124 valence electrons. The fraction of sp³-hybridized carbons (Fsp3) is 0.133.